The Bertz CT molecular complexity index is 1380. The Morgan fingerprint density at radius 2 is 1.97 bits per heavy atom. The number of urea groups is 1. The molecule has 0 radical (unpaired) electrons. The van der Waals surface area contributed by atoms with E-state index in [9.17, 15) is 19.5 Å². The molecule has 144 valence electrons. The third-order valence-corrected chi connectivity index (χ3v) is 5.90. The molecule has 1 aliphatic heterocycles. The van der Waals surface area contributed by atoms with Crippen molar-refractivity contribution < 1.29 is 9.90 Å². The van der Waals surface area contributed by atoms with E-state index in [0.29, 0.717) is 21.1 Å². The van der Waals surface area contributed by atoms with Crippen LogP contribution in [0.4, 0.5) is 16.2 Å². The standard InChI is InChI=1S/C19H13N5O4S/c25-16-11(7-21-18(27)23-16)14-5-12-15(29-14)17(26)24(19(28)22-12)13-8-20-6-9-3-1-2-4-10(9)13/h1-8,17,26H,(H,22,28)(H2,21,23,25,27). The third-order valence-electron chi connectivity index (χ3n) is 4.69. The highest BCUT2D eigenvalue weighted by atomic mass is 32.1. The van der Waals surface area contributed by atoms with Crippen LogP contribution in [0.15, 0.2) is 58.5 Å². The number of aliphatic hydroxyl groups is 1. The van der Waals surface area contributed by atoms with Crippen LogP contribution in [-0.4, -0.2) is 26.1 Å². The van der Waals surface area contributed by atoms with Crippen molar-refractivity contribution in [3.05, 3.63) is 74.6 Å². The first-order chi connectivity index (χ1) is 14.0. The molecule has 10 heteroatoms. The molecule has 2 amide bonds. The highest BCUT2D eigenvalue weighted by Crippen LogP contribution is 2.43. The smallest absolute Gasteiger partial charge is 0.328 e. The number of nitrogens with one attached hydrogen (secondary N) is 3. The number of anilines is 2. The summed E-state index contributed by atoms with van der Waals surface area (Å²) < 4.78 is 0. The minimum Gasteiger partial charge on any atom is -0.368 e. The molecule has 0 spiro atoms. The number of benzene rings is 1. The van der Waals surface area contributed by atoms with Gasteiger partial charge in [0.15, 0.2) is 6.23 Å². The molecule has 0 fully saturated rings. The van der Waals surface area contributed by atoms with Gasteiger partial charge in [-0.25, -0.2) is 9.59 Å². The number of hydrogen-bond donors (Lipinski definition) is 4. The lowest BCUT2D eigenvalue weighted by molar-refractivity contribution is 0.174. The second-order valence-corrected chi connectivity index (χ2v) is 7.51. The first-order valence-electron chi connectivity index (χ1n) is 8.60. The van der Waals surface area contributed by atoms with Crippen LogP contribution in [0.2, 0.25) is 0 Å². The maximum absolute atomic E-state index is 12.8. The largest absolute Gasteiger partial charge is 0.368 e. The van der Waals surface area contributed by atoms with Crippen LogP contribution < -0.4 is 21.5 Å². The number of aromatic amines is 2. The van der Waals surface area contributed by atoms with Crippen molar-refractivity contribution in [3.8, 4) is 10.4 Å². The summed E-state index contributed by atoms with van der Waals surface area (Å²) in [5, 5.41) is 15.3. The maximum atomic E-state index is 12.8. The van der Waals surface area contributed by atoms with Crippen LogP contribution in [0.1, 0.15) is 11.1 Å². The summed E-state index contributed by atoms with van der Waals surface area (Å²) in [5.41, 5.74) is -0.0386. The lowest BCUT2D eigenvalue weighted by Gasteiger charge is -2.32. The number of carbonyl (C=O) groups excluding carboxylic acids is 1. The number of fused-ring (bicyclic) bond motifs is 2. The van der Waals surface area contributed by atoms with Gasteiger partial charge in [-0.2, -0.15) is 0 Å². The minimum atomic E-state index is -1.26. The van der Waals surface area contributed by atoms with E-state index in [0.717, 1.165) is 22.1 Å². The average molecular weight is 407 g/mol. The lowest BCUT2D eigenvalue weighted by Crippen LogP contribution is -2.41. The molecule has 1 unspecified atom stereocenters. The summed E-state index contributed by atoms with van der Waals surface area (Å²) in [6, 6.07) is 8.52. The molecule has 0 bridgehead atoms. The van der Waals surface area contributed by atoms with Crippen LogP contribution in [-0.2, 0) is 0 Å². The van der Waals surface area contributed by atoms with Gasteiger partial charge in [0.2, 0.25) is 0 Å². The molecule has 1 aliphatic rings. The van der Waals surface area contributed by atoms with Crippen LogP contribution in [0.5, 0.6) is 0 Å². The molecule has 29 heavy (non-hydrogen) atoms. The van der Waals surface area contributed by atoms with Crippen molar-refractivity contribution in [2.75, 3.05) is 10.2 Å². The maximum Gasteiger partial charge on any atom is 0.328 e. The highest BCUT2D eigenvalue weighted by molar-refractivity contribution is 7.16. The summed E-state index contributed by atoms with van der Waals surface area (Å²) in [7, 11) is 0. The Balaban J connectivity index is 1.62. The summed E-state index contributed by atoms with van der Waals surface area (Å²) in [5.74, 6) is 0. The Morgan fingerprint density at radius 1 is 1.14 bits per heavy atom. The van der Waals surface area contributed by atoms with Gasteiger partial charge >= 0.3 is 11.7 Å². The van der Waals surface area contributed by atoms with E-state index in [1.807, 2.05) is 24.3 Å². The fourth-order valence-corrected chi connectivity index (χ4v) is 4.46. The predicted molar refractivity (Wildman–Crippen MR) is 109 cm³/mol. The summed E-state index contributed by atoms with van der Waals surface area (Å²) >= 11 is 1.15. The zero-order valence-corrected chi connectivity index (χ0v) is 15.5. The molecule has 4 N–H and O–H groups in total. The van der Waals surface area contributed by atoms with Gasteiger partial charge in [-0.1, -0.05) is 24.3 Å². The van der Waals surface area contributed by atoms with E-state index >= 15 is 0 Å². The Morgan fingerprint density at radius 3 is 2.79 bits per heavy atom. The molecule has 1 atom stereocenters. The Hall–Kier alpha value is -3.76. The number of thiophene rings is 1. The zero-order chi connectivity index (χ0) is 20.1. The number of amides is 2. The molecule has 4 heterocycles. The number of carbonyl (C=O) groups is 1. The SMILES string of the molecule is O=C1Nc2cc(-c3c[nH]c(=O)[nH]c3=O)sc2C(O)N1c1cncc2ccccc12. The molecule has 1 aromatic carbocycles. The minimum absolute atomic E-state index is 0.240. The van der Waals surface area contributed by atoms with Crippen LogP contribution in [0.25, 0.3) is 21.2 Å². The number of rotatable bonds is 2. The normalized spacial score (nSPS) is 16.0. The average Bonchev–Trinajstić information content (AvgIpc) is 3.12. The third kappa shape index (κ3) is 2.73. The number of hydrogen-bond acceptors (Lipinski definition) is 6. The van der Waals surface area contributed by atoms with E-state index in [4.69, 9.17) is 0 Å². The summed E-state index contributed by atoms with van der Waals surface area (Å²) in [6.07, 6.45) is 3.26. The highest BCUT2D eigenvalue weighted by Gasteiger charge is 2.35. The predicted octanol–water partition coefficient (Wildman–Crippen LogP) is 2.38. The van der Waals surface area contributed by atoms with Crippen molar-refractivity contribution in [1.29, 1.82) is 0 Å². The summed E-state index contributed by atoms with van der Waals surface area (Å²) in [4.78, 5) is 47.1. The van der Waals surface area contributed by atoms with Crippen LogP contribution in [0.3, 0.4) is 0 Å². The second kappa shape index (κ2) is 6.40. The van der Waals surface area contributed by atoms with Gasteiger partial charge in [-0.15, -0.1) is 11.3 Å². The molecule has 5 rings (SSSR count). The fourth-order valence-electron chi connectivity index (χ4n) is 3.36. The first-order valence-corrected chi connectivity index (χ1v) is 9.42. The first kappa shape index (κ1) is 17.3. The summed E-state index contributed by atoms with van der Waals surface area (Å²) in [6.45, 7) is 0. The fraction of sp³-hybridized carbons (Fsp3) is 0.0526. The molecular weight excluding hydrogens is 394 g/mol. The van der Waals surface area contributed by atoms with Gasteiger partial charge in [0.25, 0.3) is 5.56 Å². The van der Waals surface area contributed by atoms with Gasteiger partial charge in [0.05, 0.1) is 28.0 Å². The van der Waals surface area contributed by atoms with Crippen molar-refractivity contribution in [2.45, 2.75) is 6.23 Å². The van der Waals surface area contributed by atoms with E-state index in [1.165, 1.54) is 17.3 Å². The number of pyridine rings is 1. The zero-order valence-electron chi connectivity index (χ0n) is 14.7. The Kier molecular flexibility index (Phi) is 3.83. The second-order valence-electron chi connectivity index (χ2n) is 6.43. The van der Waals surface area contributed by atoms with Gasteiger partial charge in [0.1, 0.15) is 0 Å². The van der Waals surface area contributed by atoms with Gasteiger partial charge in [-0.3, -0.25) is 19.7 Å². The van der Waals surface area contributed by atoms with E-state index in [2.05, 4.69) is 20.3 Å². The topological polar surface area (TPSA) is 131 Å². The Labute approximate surface area is 166 Å². The van der Waals surface area contributed by atoms with Crippen LogP contribution >= 0.6 is 11.3 Å². The number of aliphatic hydroxyl groups excluding tert-OH is 1. The molecule has 0 saturated heterocycles. The molecule has 3 aromatic heterocycles. The van der Waals surface area contributed by atoms with Gasteiger partial charge < -0.3 is 15.4 Å². The molecule has 0 aliphatic carbocycles. The molecular formula is C19H13N5O4S. The van der Waals surface area contributed by atoms with E-state index in [-0.39, 0.29) is 5.56 Å². The number of H-pyrrole nitrogens is 2. The van der Waals surface area contributed by atoms with E-state index in [1.54, 1.807) is 12.3 Å². The molecule has 0 saturated carbocycles. The molecule has 4 aromatic rings. The lowest BCUT2D eigenvalue weighted by atomic mass is 10.1. The number of nitrogens with zero attached hydrogens (tertiary/aromatic N) is 2. The number of aromatic nitrogens is 3. The van der Waals surface area contributed by atoms with Crippen molar-refractivity contribution in [2.24, 2.45) is 0 Å². The van der Waals surface area contributed by atoms with Crippen molar-refractivity contribution in [3.63, 3.8) is 0 Å². The molecule has 9 nitrogen and oxygen atoms in total. The van der Waals surface area contributed by atoms with Gasteiger partial charge in [0, 0.05) is 28.0 Å². The quantitative estimate of drug-likeness (QED) is 0.405. The van der Waals surface area contributed by atoms with Crippen LogP contribution in [0, 0.1) is 0 Å². The van der Waals surface area contributed by atoms with Crippen molar-refractivity contribution in [1.82, 2.24) is 15.0 Å². The monoisotopic (exact) mass is 407 g/mol. The van der Waals surface area contributed by atoms with Crippen molar-refractivity contribution >= 4 is 39.5 Å². The van der Waals surface area contributed by atoms with Gasteiger partial charge in [-0.05, 0) is 6.07 Å². The van der Waals surface area contributed by atoms with E-state index < -0.39 is 23.5 Å².